The second-order valence-electron chi connectivity index (χ2n) is 6.41. The maximum atomic E-state index is 12.2. The van der Waals surface area contributed by atoms with E-state index in [0.29, 0.717) is 12.8 Å². The van der Waals surface area contributed by atoms with Gasteiger partial charge in [0.15, 0.2) is 0 Å². The fourth-order valence-corrected chi connectivity index (χ4v) is 3.65. The zero-order valence-corrected chi connectivity index (χ0v) is 13.7. The molecule has 1 aromatic heterocycles. The van der Waals surface area contributed by atoms with Gasteiger partial charge < -0.3 is 14.8 Å². The van der Waals surface area contributed by atoms with Gasteiger partial charge >= 0.3 is 0 Å². The molecule has 0 bridgehead atoms. The largest absolute Gasteiger partial charge is 0.369 e. The maximum absolute atomic E-state index is 12.2. The Labute approximate surface area is 140 Å². The third kappa shape index (κ3) is 2.54. The van der Waals surface area contributed by atoms with Crippen LogP contribution >= 0.6 is 0 Å². The van der Waals surface area contributed by atoms with Gasteiger partial charge in [0.05, 0.1) is 11.0 Å². The van der Waals surface area contributed by atoms with E-state index in [-0.39, 0.29) is 17.9 Å². The van der Waals surface area contributed by atoms with Gasteiger partial charge in [-0.15, -0.1) is 0 Å². The molecule has 3 heterocycles. The molecule has 7 nitrogen and oxygen atoms in total. The number of amides is 2. The number of piperazine rings is 1. The van der Waals surface area contributed by atoms with Crippen molar-refractivity contribution in [2.75, 3.05) is 31.1 Å². The summed E-state index contributed by atoms with van der Waals surface area (Å²) in [4.78, 5) is 30.6. The number of hydrogen-bond acceptors (Lipinski definition) is 5. The Morgan fingerprint density at radius 1 is 1.21 bits per heavy atom. The number of carbonyl (C=O) groups excluding carboxylic acids is 2. The number of hydrogen-bond donors (Lipinski definition) is 2. The van der Waals surface area contributed by atoms with Crippen LogP contribution in [0.4, 0.5) is 5.69 Å². The number of benzene rings is 1. The highest BCUT2D eigenvalue weighted by atomic mass is 16.2. The van der Waals surface area contributed by atoms with E-state index in [4.69, 9.17) is 0 Å². The Morgan fingerprint density at radius 2 is 2.00 bits per heavy atom. The maximum Gasteiger partial charge on any atom is 0.249 e. The highest BCUT2D eigenvalue weighted by Gasteiger charge is 2.30. The van der Waals surface area contributed by atoms with Crippen molar-refractivity contribution in [1.82, 2.24) is 20.2 Å². The first-order valence-corrected chi connectivity index (χ1v) is 8.41. The predicted molar refractivity (Wildman–Crippen MR) is 91.0 cm³/mol. The van der Waals surface area contributed by atoms with Crippen molar-refractivity contribution in [2.45, 2.75) is 25.8 Å². The Balaban J connectivity index is 1.71. The molecule has 1 unspecified atom stereocenters. The van der Waals surface area contributed by atoms with E-state index in [0.717, 1.165) is 48.7 Å². The van der Waals surface area contributed by atoms with Crippen molar-refractivity contribution in [2.24, 2.45) is 0 Å². The van der Waals surface area contributed by atoms with Crippen LogP contribution in [0, 0.1) is 6.92 Å². The number of imide groups is 1. The average Bonchev–Trinajstić information content (AvgIpc) is 2.91. The number of anilines is 1. The smallest absolute Gasteiger partial charge is 0.249 e. The molecule has 7 heteroatoms. The molecule has 0 saturated carbocycles. The van der Waals surface area contributed by atoms with Crippen LogP contribution in [0.1, 0.15) is 24.7 Å². The summed E-state index contributed by atoms with van der Waals surface area (Å²) in [5.74, 6) is 0.371. The van der Waals surface area contributed by atoms with E-state index in [9.17, 15) is 9.59 Å². The lowest BCUT2D eigenvalue weighted by Crippen LogP contribution is -2.43. The number of nitrogens with zero attached hydrogens (tertiary/aromatic N) is 3. The summed E-state index contributed by atoms with van der Waals surface area (Å²) in [5.41, 5.74) is 3.01. The number of fused-ring (bicyclic) bond motifs is 1. The number of aromatic nitrogens is 2. The summed E-state index contributed by atoms with van der Waals surface area (Å²) in [6, 6.07) is 5.86. The fraction of sp³-hybridized carbons (Fsp3) is 0.471. The number of piperidine rings is 1. The molecular weight excluding hydrogens is 306 g/mol. The summed E-state index contributed by atoms with van der Waals surface area (Å²) in [5, 5.41) is 5.78. The van der Waals surface area contributed by atoms with Gasteiger partial charge in [-0.05, 0) is 31.5 Å². The molecule has 0 aliphatic carbocycles. The normalized spacial score (nSPS) is 22.0. The first kappa shape index (κ1) is 15.1. The quantitative estimate of drug-likeness (QED) is 0.795. The van der Waals surface area contributed by atoms with E-state index in [1.807, 2.05) is 17.6 Å². The summed E-state index contributed by atoms with van der Waals surface area (Å²) >= 11 is 0. The second kappa shape index (κ2) is 5.90. The third-order valence-electron chi connectivity index (χ3n) is 4.85. The molecule has 4 rings (SSSR count). The highest BCUT2D eigenvalue weighted by molar-refractivity contribution is 6.00. The molecule has 2 fully saturated rings. The monoisotopic (exact) mass is 327 g/mol. The number of aryl methyl sites for hydroxylation is 1. The first-order chi connectivity index (χ1) is 11.6. The van der Waals surface area contributed by atoms with E-state index in [1.54, 1.807) is 0 Å². The van der Waals surface area contributed by atoms with Crippen LogP contribution in [0.2, 0.25) is 0 Å². The van der Waals surface area contributed by atoms with Crippen LogP contribution in [0.5, 0.6) is 0 Å². The average molecular weight is 327 g/mol. The number of carbonyl (C=O) groups is 2. The van der Waals surface area contributed by atoms with Gasteiger partial charge in [-0.1, -0.05) is 0 Å². The van der Waals surface area contributed by atoms with Crippen LogP contribution in [-0.4, -0.2) is 47.5 Å². The minimum atomic E-state index is -0.363. The van der Waals surface area contributed by atoms with Crippen LogP contribution in [-0.2, 0) is 9.59 Å². The predicted octanol–water partition coefficient (Wildman–Crippen LogP) is 0.732. The zero-order chi connectivity index (χ0) is 16.7. The van der Waals surface area contributed by atoms with Gasteiger partial charge in [0.1, 0.15) is 11.9 Å². The summed E-state index contributed by atoms with van der Waals surface area (Å²) in [6.45, 7) is 5.86. The molecule has 126 valence electrons. The van der Waals surface area contributed by atoms with Crippen molar-refractivity contribution in [3.8, 4) is 0 Å². The molecule has 2 N–H and O–H groups in total. The molecular formula is C17H21N5O2. The van der Waals surface area contributed by atoms with Gasteiger partial charge in [0, 0.05) is 38.3 Å². The fourth-order valence-electron chi connectivity index (χ4n) is 3.65. The van der Waals surface area contributed by atoms with E-state index in [1.165, 1.54) is 0 Å². The van der Waals surface area contributed by atoms with Crippen LogP contribution < -0.4 is 15.5 Å². The van der Waals surface area contributed by atoms with E-state index < -0.39 is 0 Å². The van der Waals surface area contributed by atoms with Gasteiger partial charge in [-0.25, -0.2) is 4.98 Å². The van der Waals surface area contributed by atoms with Crippen LogP contribution in [0.25, 0.3) is 11.0 Å². The number of rotatable bonds is 2. The lowest BCUT2D eigenvalue weighted by atomic mass is 10.1. The molecule has 0 spiro atoms. The standard InChI is InChI=1S/C17H21N5O2/c1-11-19-13-10-12(21-8-6-18-7-9-21)2-3-14(13)22(11)15-4-5-16(23)20-17(15)24/h2-3,10,15,18H,4-9H2,1H3,(H,20,23,24). The molecule has 2 aromatic rings. The minimum absolute atomic E-state index is 0.195. The zero-order valence-electron chi connectivity index (χ0n) is 13.7. The molecule has 1 aromatic carbocycles. The van der Waals surface area contributed by atoms with Gasteiger partial charge in [-0.2, -0.15) is 0 Å². The first-order valence-electron chi connectivity index (χ1n) is 8.41. The Hall–Kier alpha value is -2.41. The van der Waals surface area contributed by atoms with E-state index in [2.05, 4.69) is 32.7 Å². The van der Waals surface area contributed by atoms with Crippen LogP contribution in [0.3, 0.4) is 0 Å². The van der Waals surface area contributed by atoms with Gasteiger partial charge in [0.2, 0.25) is 11.8 Å². The molecule has 24 heavy (non-hydrogen) atoms. The number of imidazole rings is 1. The SMILES string of the molecule is Cc1nc2cc(N3CCNCC3)ccc2n1C1CCC(=O)NC1=O. The summed E-state index contributed by atoms with van der Waals surface area (Å²) < 4.78 is 1.96. The Kier molecular flexibility index (Phi) is 3.72. The molecule has 2 aliphatic heterocycles. The number of nitrogens with one attached hydrogen (secondary N) is 2. The van der Waals surface area contributed by atoms with Crippen molar-refractivity contribution < 1.29 is 9.59 Å². The molecule has 2 aliphatic rings. The molecule has 1 atom stereocenters. The topological polar surface area (TPSA) is 79.3 Å². The van der Waals surface area contributed by atoms with E-state index >= 15 is 0 Å². The molecule has 2 amide bonds. The van der Waals surface area contributed by atoms with Crippen molar-refractivity contribution >= 4 is 28.5 Å². The third-order valence-corrected chi connectivity index (χ3v) is 4.85. The molecule has 0 radical (unpaired) electrons. The summed E-state index contributed by atoms with van der Waals surface area (Å²) in [7, 11) is 0. The Morgan fingerprint density at radius 3 is 2.75 bits per heavy atom. The highest BCUT2D eigenvalue weighted by Crippen LogP contribution is 2.29. The Bertz CT molecular complexity index is 807. The lowest BCUT2D eigenvalue weighted by Gasteiger charge is -2.29. The second-order valence-corrected chi connectivity index (χ2v) is 6.41. The molecule has 2 saturated heterocycles. The van der Waals surface area contributed by atoms with Gasteiger partial charge in [0.25, 0.3) is 0 Å². The van der Waals surface area contributed by atoms with Gasteiger partial charge in [-0.3, -0.25) is 14.9 Å². The lowest BCUT2D eigenvalue weighted by molar-refractivity contribution is -0.135. The van der Waals surface area contributed by atoms with Crippen molar-refractivity contribution in [3.05, 3.63) is 24.0 Å². The minimum Gasteiger partial charge on any atom is -0.369 e. The summed E-state index contributed by atoms with van der Waals surface area (Å²) in [6.07, 6.45) is 0.894. The van der Waals surface area contributed by atoms with Crippen molar-refractivity contribution in [3.63, 3.8) is 0 Å². The van der Waals surface area contributed by atoms with Crippen LogP contribution in [0.15, 0.2) is 18.2 Å². The van der Waals surface area contributed by atoms with Crippen molar-refractivity contribution in [1.29, 1.82) is 0 Å².